The van der Waals surface area contributed by atoms with E-state index < -0.39 is 0 Å². The van der Waals surface area contributed by atoms with Crippen LogP contribution >= 0.6 is 0 Å². The SMILES string of the molecule is C=C/C(=C/C)c1ccc2ccccc2c1. The van der Waals surface area contributed by atoms with E-state index in [9.17, 15) is 0 Å². The van der Waals surface area contributed by atoms with Gasteiger partial charge in [-0.1, -0.05) is 55.1 Å². The Kier molecular flexibility index (Phi) is 2.68. The first-order valence-electron chi connectivity index (χ1n) is 5.13. The Hall–Kier alpha value is -1.82. The second-order valence-corrected chi connectivity index (χ2v) is 3.51. The van der Waals surface area contributed by atoms with Crippen molar-refractivity contribution < 1.29 is 0 Å². The average Bonchev–Trinajstić information content (AvgIpc) is 2.30. The molecule has 0 heteroatoms. The molecule has 0 aliphatic rings. The molecule has 0 amide bonds. The third-order valence-corrected chi connectivity index (χ3v) is 2.61. The lowest BCUT2D eigenvalue weighted by Crippen LogP contribution is -1.80. The fraction of sp³-hybridized carbons (Fsp3) is 0.0667. The lowest BCUT2D eigenvalue weighted by atomic mass is 10.0. The monoisotopic (exact) mass is 194 g/mol. The van der Waals surface area contributed by atoms with Crippen LogP contribution in [0.1, 0.15) is 12.5 Å². The maximum absolute atomic E-state index is 3.82. The second kappa shape index (κ2) is 4.14. The van der Waals surface area contributed by atoms with Gasteiger partial charge in [-0.3, -0.25) is 0 Å². The maximum atomic E-state index is 3.82. The van der Waals surface area contributed by atoms with E-state index in [1.807, 2.05) is 13.0 Å². The molecule has 0 spiro atoms. The van der Waals surface area contributed by atoms with E-state index in [0.717, 1.165) is 0 Å². The zero-order chi connectivity index (χ0) is 10.7. The second-order valence-electron chi connectivity index (χ2n) is 3.51. The molecule has 0 aliphatic heterocycles. The highest BCUT2D eigenvalue weighted by Crippen LogP contribution is 2.21. The van der Waals surface area contributed by atoms with Crippen LogP contribution in [-0.4, -0.2) is 0 Å². The van der Waals surface area contributed by atoms with Crippen molar-refractivity contribution in [2.45, 2.75) is 6.92 Å². The minimum absolute atomic E-state index is 1.18. The number of allylic oxidation sites excluding steroid dienone is 3. The minimum Gasteiger partial charge on any atom is -0.0985 e. The van der Waals surface area contributed by atoms with Crippen LogP contribution in [0.25, 0.3) is 16.3 Å². The van der Waals surface area contributed by atoms with Crippen LogP contribution in [-0.2, 0) is 0 Å². The van der Waals surface area contributed by atoms with E-state index in [0.29, 0.717) is 0 Å². The van der Waals surface area contributed by atoms with Gasteiger partial charge in [0.2, 0.25) is 0 Å². The molecule has 0 radical (unpaired) electrons. The number of hydrogen-bond acceptors (Lipinski definition) is 0. The first-order chi connectivity index (χ1) is 7.35. The first-order valence-corrected chi connectivity index (χ1v) is 5.13. The molecule has 0 unspecified atom stereocenters. The van der Waals surface area contributed by atoms with E-state index in [2.05, 4.69) is 55.1 Å². The van der Waals surface area contributed by atoms with E-state index in [4.69, 9.17) is 0 Å². The van der Waals surface area contributed by atoms with Gasteiger partial charge < -0.3 is 0 Å². The van der Waals surface area contributed by atoms with Crippen molar-refractivity contribution in [1.82, 2.24) is 0 Å². The molecule has 15 heavy (non-hydrogen) atoms. The Bertz CT molecular complexity index is 518. The van der Waals surface area contributed by atoms with E-state index in [1.54, 1.807) is 0 Å². The van der Waals surface area contributed by atoms with Gasteiger partial charge in [-0.2, -0.15) is 0 Å². The third-order valence-electron chi connectivity index (χ3n) is 2.61. The van der Waals surface area contributed by atoms with Gasteiger partial charge in [0.1, 0.15) is 0 Å². The van der Waals surface area contributed by atoms with Gasteiger partial charge in [0, 0.05) is 0 Å². The van der Waals surface area contributed by atoms with Crippen LogP contribution in [0.4, 0.5) is 0 Å². The summed E-state index contributed by atoms with van der Waals surface area (Å²) < 4.78 is 0. The van der Waals surface area contributed by atoms with E-state index >= 15 is 0 Å². The highest BCUT2D eigenvalue weighted by molar-refractivity contribution is 5.87. The Morgan fingerprint density at radius 2 is 1.80 bits per heavy atom. The summed E-state index contributed by atoms with van der Waals surface area (Å²) >= 11 is 0. The summed E-state index contributed by atoms with van der Waals surface area (Å²) in [5.74, 6) is 0. The fourth-order valence-electron chi connectivity index (χ4n) is 1.77. The molecule has 74 valence electrons. The molecule has 0 atom stereocenters. The lowest BCUT2D eigenvalue weighted by molar-refractivity contribution is 1.63. The number of fused-ring (bicyclic) bond motifs is 1. The zero-order valence-corrected chi connectivity index (χ0v) is 8.90. The van der Waals surface area contributed by atoms with Gasteiger partial charge in [0.25, 0.3) is 0 Å². The summed E-state index contributed by atoms with van der Waals surface area (Å²) in [5, 5.41) is 2.55. The van der Waals surface area contributed by atoms with Crippen molar-refractivity contribution in [3.63, 3.8) is 0 Å². The molecule has 0 nitrogen and oxygen atoms in total. The zero-order valence-electron chi connectivity index (χ0n) is 8.90. The average molecular weight is 194 g/mol. The van der Waals surface area contributed by atoms with Crippen LogP contribution in [0, 0.1) is 0 Å². The number of hydrogen-bond donors (Lipinski definition) is 0. The molecule has 0 aromatic heterocycles. The molecule has 2 rings (SSSR count). The van der Waals surface area contributed by atoms with Crippen molar-refractivity contribution in [3.05, 3.63) is 66.8 Å². The topological polar surface area (TPSA) is 0 Å². The molecule has 2 aromatic carbocycles. The summed E-state index contributed by atoms with van der Waals surface area (Å²) in [6.45, 7) is 5.85. The van der Waals surface area contributed by atoms with Crippen LogP contribution in [0.5, 0.6) is 0 Å². The molecular formula is C15H14. The number of rotatable bonds is 2. The van der Waals surface area contributed by atoms with E-state index in [1.165, 1.54) is 21.9 Å². The Morgan fingerprint density at radius 1 is 1.07 bits per heavy atom. The van der Waals surface area contributed by atoms with Gasteiger partial charge in [-0.05, 0) is 34.9 Å². The normalized spacial score (nSPS) is 11.7. The van der Waals surface area contributed by atoms with Crippen molar-refractivity contribution >= 4 is 16.3 Å². The predicted octanol–water partition coefficient (Wildman–Crippen LogP) is 4.43. The Morgan fingerprint density at radius 3 is 2.47 bits per heavy atom. The number of benzene rings is 2. The van der Waals surface area contributed by atoms with Crippen LogP contribution in [0.15, 0.2) is 61.2 Å². The molecule has 0 saturated carbocycles. The van der Waals surface area contributed by atoms with Crippen molar-refractivity contribution in [3.8, 4) is 0 Å². The molecule has 0 heterocycles. The highest BCUT2D eigenvalue weighted by Gasteiger charge is 1.97. The first kappa shape index (κ1) is 9.72. The summed E-state index contributed by atoms with van der Waals surface area (Å²) in [4.78, 5) is 0. The van der Waals surface area contributed by atoms with Crippen LogP contribution < -0.4 is 0 Å². The van der Waals surface area contributed by atoms with Crippen molar-refractivity contribution in [2.24, 2.45) is 0 Å². The summed E-state index contributed by atoms with van der Waals surface area (Å²) in [7, 11) is 0. The summed E-state index contributed by atoms with van der Waals surface area (Å²) in [6, 6.07) is 14.9. The quantitative estimate of drug-likeness (QED) is 0.620. The Balaban J connectivity index is 2.61. The van der Waals surface area contributed by atoms with Gasteiger partial charge in [-0.15, -0.1) is 0 Å². The van der Waals surface area contributed by atoms with Crippen LogP contribution in [0.2, 0.25) is 0 Å². The molecule has 0 aliphatic carbocycles. The molecule has 2 aromatic rings. The molecule has 0 N–H and O–H groups in total. The molecule has 0 saturated heterocycles. The molecular weight excluding hydrogens is 180 g/mol. The lowest BCUT2D eigenvalue weighted by Gasteiger charge is -2.03. The van der Waals surface area contributed by atoms with Crippen molar-refractivity contribution in [1.29, 1.82) is 0 Å². The predicted molar refractivity (Wildman–Crippen MR) is 67.8 cm³/mol. The van der Waals surface area contributed by atoms with Gasteiger partial charge in [0.15, 0.2) is 0 Å². The maximum Gasteiger partial charge on any atom is -0.0178 e. The molecule has 0 bridgehead atoms. The van der Waals surface area contributed by atoms with Gasteiger partial charge >= 0.3 is 0 Å². The Labute approximate surface area is 90.6 Å². The largest absolute Gasteiger partial charge is 0.0985 e. The summed E-state index contributed by atoms with van der Waals surface area (Å²) in [6.07, 6.45) is 3.97. The standard InChI is InChI=1S/C15H14/c1-3-12(4-2)15-10-9-13-7-5-6-8-14(13)11-15/h3-11H,1H2,2H3/b12-4-. The molecule has 0 fully saturated rings. The van der Waals surface area contributed by atoms with Gasteiger partial charge in [-0.25, -0.2) is 0 Å². The minimum atomic E-state index is 1.18. The van der Waals surface area contributed by atoms with Crippen LogP contribution in [0.3, 0.4) is 0 Å². The van der Waals surface area contributed by atoms with E-state index in [-0.39, 0.29) is 0 Å². The van der Waals surface area contributed by atoms with Gasteiger partial charge in [0.05, 0.1) is 0 Å². The summed E-state index contributed by atoms with van der Waals surface area (Å²) in [5.41, 5.74) is 2.41. The third kappa shape index (κ3) is 1.84. The fourth-order valence-corrected chi connectivity index (χ4v) is 1.77. The smallest absolute Gasteiger partial charge is 0.0178 e. The highest BCUT2D eigenvalue weighted by atomic mass is 14.0. The van der Waals surface area contributed by atoms with Crippen molar-refractivity contribution in [2.75, 3.05) is 0 Å².